The number of methoxy groups -OCH3 is 1. The van der Waals surface area contributed by atoms with Gasteiger partial charge in [0.25, 0.3) is 0 Å². The van der Waals surface area contributed by atoms with E-state index in [0.717, 1.165) is 12.8 Å². The van der Waals surface area contributed by atoms with Crippen LogP contribution in [0.25, 0.3) is 0 Å². The monoisotopic (exact) mass is 320 g/mol. The molecule has 1 aromatic carbocycles. The third kappa shape index (κ3) is 6.10. The molecule has 0 atom stereocenters. The SMILES string of the molecule is CCCCNC(=O)CCN(C(C)=O)c1cccc(C(=O)OC)c1. The number of nitrogens with zero attached hydrogens (tertiary/aromatic N) is 1. The Bertz CT molecular complexity index is 557. The van der Waals surface area contributed by atoms with E-state index in [9.17, 15) is 14.4 Å². The first-order valence-corrected chi connectivity index (χ1v) is 7.72. The molecular formula is C17H24N2O4. The van der Waals surface area contributed by atoms with Gasteiger partial charge < -0.3 is 15.0 Å². The molecule has 1 N–H and O–H groups in total. The zero-order valence-corrected chi connectivity index (χ0v) is 13.9. The maximum absolute atomic E-state index is 11.8. The number of benzene rings is 1. The second kappa shape index (κ2) is 9.61. The molecule has 6 heteroatoms. The van der Waals surface area contributed by atoms with Gasteiger partial charge in [0.2, 0.25) is 11.8 Å². The number of rotatable bonds is 8. The number of amides is 2. The highest BCUT2D eigenvalue weighted by Crippen LogP contribution is 2.17. The molecule has 0 saturated heterocycles. The fourth-order valence-electron chi connectivity index (χ4n) is 2.09. The van der Waals surface area contributed by atoms with Crippen LogP contribution in [0.4, 0.5) is 5.69 Å². The van der Waals surface area contributed by atoms with Gasteiger partial charge in [0.1, 0.15) is 0 Å². The molecule has 1 rings (SSSR count). The largest absolute Gasteiger partial charge is 0.465 e. The van der Waals surface area contributed by atoms with Gasteiger partial charge >= 0.3 is 5.97 Å². The summed E-state index contributed by atoms with van der Waals surface area (Å²) in [7, 11) is 1.30. The van der Waals surface area contributed by atoms with E-state index in [0.29, 0.717) is 17.8 Å². The molecule has 0 unspecified atom stereocenters. The average Bonchev–Trinajstić information content (AvgIpc) is 2.54. The Morgan fingerprint density at radius 2 is 2.00 bits per heavy atom. The van der Waals surface area contributed by atoms with Crippen molar-refractivity contribution in [3.05, 3.63) is 29.8 Å². The summed E-state index contributed by atoms with van der Waals surface area (Å²) in [5.41, 5.74) is 0.936. The van der Waals surface area contributed by atoms with Gasteiger partial charge in [-0.3, -0.25) is 9.59 Å². The quantitative estimate of drug-likeness (QED) is 0.588. The van der Waals surface area contributed by atoms with Crippen molar-refractivity contribution in [2.45, 2.75) is 33.1 Å². The number of esters is 1. The van der Waals surface area contributed by atoms with Crippen molar-refractivity contribution in [2.24, 2.45) is 0 Å². The molecule has 6 nitrogen and oxygen atoms in total. The topological polar surface area (TPSA) is 75.7 Å². The highest BCUT2D eigenvalue weighted by Gasteiger charge is 2.15. The van der Waals surface area contributed by atoms with E-state index in [1.54, 1.807) is 24.3 Å². The number of nitrogens with one attached hydrogen (secondary N) is 1. The van der Waals surface area contributed by atoms with Crippen molar-refractivity contribution in [1.29, 1.82) is 0 Å². The van der Waals surface area contributed by atoms with Crippen LogP contribution in [0.5, 0.6) is 0 Å². The summed E-state index contributed by atoms with van der Waals surface area (Å²) in [4.78, 5) is 36.7. The first-order valence-electron chi connectivity index (χ1n) is 7.72. The van der Waals surface area contributed by atoms with Crippen molar-refractivity contribution < 1.29 is 19.1 Å². The lowest BCUT2D eigenvalue weighted by Crippen LogP contribution is -2.34. The maximum Gasteiger partial charge on any atom is 0.337 e. The van der Waals surface area contributed by atoms with Gasteiger partial charge in [-0.2, -0.15) is 0 Å². The first-order chi connectivity index (χ1) is 11.0. The minimum Gasteiger partial charge on any atom is -0.465 e. The van der Waals surface area contributed by atoms with Crippen molar-refractivity contribution >= 4 is 23.5 Å². The van der Waals surface area contributed by atoms with Crippen LogP contribution in [-0.4, -0.2) is 38.0 Å². The van der Waals surface area contributed by atoms with Crippen LogP contribution in [0, 0.1) is 0 Å². The van der Waals surface area contributed by atoms with Crippen LogP contribution in [-0.2, 0) is 14.3 Å². The molecule has 0 spiro atoms. The molecule has 0 bridgehead atoms. The third-order valence-electron chi connectivity index (χ3n) is 3.37. The molecule has 1 aromatic rings. The number of carbonyl (C=O) groups is 3. The highest BCUT2D eigenvalue weighted by molar-refractivity contribution is 5.95. The Hall–Kier alpha value is -2.37. The second-order valence-electron chi connectivity index (χ2n) is 5.17. The van der Waals surface area contributed by atoms with Crippen LogP contribution < -0.4 is 10.2 Å². The summed E-state index contributed by atoms with van der Waals surface area (Å²) in [6.45, 7) is 4.39. The van der Waals surface area contributed by atoms with E-state index < -0.39 is 5.97 Å². The second-order valence-corrected chi connectivity index (χ2v) is 5.17. The van der Waals surface area contributed by atoms with Gasteiger partial charge in [-0.15, -0.1) is 0 Å². The summed E-state index contributed by atoms with van der Waals surface area (Å²) in [5, 5.41) is 2.82. The number of hydrogen-bond donors (Lipinski definition) is 1. The molecule has 23 heavy (non-hydrogen) atoms. The maximum atomic E-state index is 11.8. The lowest BCUT2D eigenvalue weighted by Gasteiger charge is -2.21. The van der Waals surface area contributed by atoms with Gasteiger partial charge in [0.15, 0.2) is 0 Å². The number of carbonyl (C=O) groups excluding carboxylic acids is 3. The van der Waals surface area contributed by atoms with Gasteiger partial charge in [-0.05, 0) is 24.6 Å². The summed E-state index contributed by atoms with van der Waals surface area (Å²) in [6.07, 6.45) is 2.16. The average molecular weight is 320 g/mol. The molecule has 2 amide bonds. The minimum atomic E-state index is -0.465. The lowest BCUT2D eigenvalue weighted by molar-refractivity contribution is -0.121. The van der Waals surface area contributed by atoms with E-state index in [-0.39, 0.29) is 24.8 Å². The smallest absolute Gasteiger partial charge is 0.337 e. The van der Waals surface area contributed by atoms with Crippen LogP contribution in [0.1, 0.15) is 43.5 Å². The predicted molar refractivity (Wildman–Crippen MR) is 88.3 cm³/mol. The lowest BCUT2D eigenvalue weighted by atomic mass is 10.2. The molecule has 0 saturated carbocycles. The number of unbranched alkanes of at least 4 members (excludes halogenated alkanes) is 1. The molecule has 0 heterocycles. The van der Waals surface area contributed by atoms with Crippen molar-refractivity contribution in [3.63, 3.8) is 0 Å². The normalized spacial score (nSPS) is 10.0. The molecule has 0 aliphatic rings. The van der Waals surface area contributed by atoms with Crippen LogP contribution in [0.2, 0.25) is 0 Å². The molecular weight excluding hydrogens is 296 g/mol. The fraction of sp³-hybridized carbons (Fsp3) is 0.471. The van der Waals surface area contributed by atoms with Crippen LogP contribution in [0.15, 0.2) is 24.3 Å². The Morgan fingerprint density at radius 3 is 2.61 bits per heavy atom. The summed E-state index contributed by atoms with van der Waals surface area (Å²) >= 11 is 0. The Labute approximate surface area is 136 Å². The van der Waals surface area contributed by atoms with Crippen molar-refractivity contribution in [2.75, 3.05) is 25.1 Å². The van der Waals surface area contributed by atoms with Gasteiger partial charge in [0, 0.05) is 32.1 Å². The highest BCUT2D eigenvalue weighted by atomic mass is 16.5. The van der Waals surface area contributed by atoms with Crippen molar-refractivity contribution in [3.8, 4) is 0 Å². The van der Waals surface area contributed by atoms with Gasteiger partial charge in [-0.25, -0.2) is 4.79 Å². The number of hydrogen-bond acceptors (Lipinski definition) is 4. The number of ether oxygens (including phenoxy) is 1. The molecule has 0 aromatic heterocycles. The van der Waals surface area contributed by atoms with E-state index in [4.69, 9.17) is 0 Å². The minimum absolute atomic E-state index is 0.0891. The zero-order valence-electron chi connectivity index (χ0n) is 13.9. The van der Waals surface area contributed by atoms with Gasteiger partial charge in [-0.1, -0.05) is 19.4 Å². The zero-order chi connectivity index (χ0) is 17.2. The molecule has 0 radical (unpaired) electrons. The standard InChI is InChI=1S/C17H24N2O4/c1-4-5-10-18-16(21)9-11-19(13(2)20)15-8-6-7-14(12-15)17(22)23-3/h6-8,12H,4-5,9-11H2,1-3H3,(H,18,21). The van der Waals surface area contributed by atoms with Crippen LogP contribution >= 0.6 is 0 Å². The fourth-order valence-corrected chi connectivity index (χ4v) is 2.09. The van der Waals surface area contributed by atoms with E-state index >= 15 is 0 Å². The first kappa shape index (κ1) is 18.7. The molecule has 0 fully saturated rings. The van der Waals surface area contributed by atoms with Crippen LogP contribution in [0.3, 0.4) is 0 Å². The Kier molecular flexibility index (Phi) is 7.80. The van der Waals surface area contributed by atoms with Gasteiger partial charge in [0.05, 0.1) is 12.7 Å². The summed E-state index contributed by atoms with van der Waals surface area (Å²) in [5.74, 6) is -0.741. The van der Waals surface area contributed by atoms with E-state index in [1.807, 2.05) is 0 Å². The summed E-state index contributed by atoms with van der Waals surface area (Å²) < 4.78 is 4.68. The van der Waals surface area contributed by atoms with E-state index in [2.05, 4.69) is 17.0 Å². The molecule has 0 aliphatic heterocycles. The molecule has 126 valence electrons. The summed E-state index contributed by atoms with van der Waals surface area (Å²) in [6, 6.07) is 6.61. The number of anilines is 1. The predicted octanol–water partition coefficient (Wildman–Crippen LogP) is 2.13. The Morgan fingerprint density at radius 1 is 1.26 bits per heavy atom. The molecule has 0 aliphatic carbocycles. The third-order valence-corrected chi connectivity index (χ3v) is 3.37. The van der Waals surface area contributed by atoms with E-state index in [1.165, 1.54) is 18.9 Å². The Balaban J connectivity index is 2.73. The van der Waals surface area contributed by atoms with Crippen molar-refractivity contribution in [1.82, 2.24) is 5.32 Å².